The van der Waals surface area contributed by atoms with E-state index in [1.165, 1.54) is 19.3 Å². The number of nitrogens with one attached hydrogen (secondary N) is 1. The minimum atomic E-state index is -0.456. The highest BCUT2D eigenvalue weighted by Gasteiger charge is 2.23. The summed E-state index contributed by atoms with van der Waals surface area (Å²) in [4.78, 5) is 0. The molecule has 1 aliphatic carbocycles. The zero-order valence-corrected chi connectivity index (χ0v) is 11.9. The molecule has 19 heavy (non-hydrogen) atoms. The zero-order chi connectivity index (χ0) is 13.7. The van der Waals surface area contributed by atoms with Crippen LogP contribution in [0.25, 0.3) is 0 Å². The predicted octanol–water partition coefficient (Wildman–Crippen LogP) is 2.51. The third kappa shape index (κ3) is 4.22. The van der Waals surface area contributed by atoms with Crippen LogP contribution in [0.4, 0.5) is 0 Å². The molecule has 3 heteroatoms. The maximum atomic E-state index is 9.94. The standard InChI is InChI=1S/C16H25NO2/c1-12-6-3-4-9-16(12)19-11-15(18)10-17-13(2)14-7-5-8-14/h3-4,6,9,13-15,17-18H,5,7-8,10-11H2,1-2H3. The fraction of sp³-hybridized carbons (Fsp3) is 0.625. The summed E-state index contributed by atoms with van der Waals surface area (Å²) in [5.41, 5.74) is 1.10. The van der Waals surface area contributed by atoms with Crippen LogP contribution in [-0.4, -0.2) is 30.4 Å². The Hall–Kier alpha value is -1.06. The first-order valence-electron chi connectivity index (χ1n) is 7.26. The van der Waals surface area contributed by atoms with E-state index < -0.39 is 6.10 Å². The van der Waals surface area contributed by atoms with E-state index in [1.54, 1.807) is 0 Å². The quantitative estimate of drug-likeness (QED) is 0.794. The Morgan fingerprint density at radius 2 is 2.11 bits per heavy atom. The second-order valence-corrected chi connectivity index (χ2v) is 5.62. The maximum Gasteiger partial charge on any atom is 0.122 e. The van der Waals surface area contributed by atoms with Crippen LogP contribution in [0.5, 0.6) is 5.75 Å². The van der Waals surface area contributed by atoms with Gasteiger partial charge in [0.05, 0.1) is 0 Å². The van der Waals surface area contributed by atoms with Crippen LogP contribution in [0.2, 0.25) is 0 Å². The number of hydrogen-bond acceptors (Lipinski definition) is 3. The molecule has 0 spiro atoms. The molecule has 0 bridgehead atoms. The minimum absolute atomic E-state index is 0.342. The van der Waals surface area contributed by atoms with Gasteiger partial charge in [-0.25, -0.2) is 0 Å². The molecule has 0 aliphatic heterocycles. The van der Waals surface area contributed by atoms with Crippen molar-refractivity contribution in [3.8, 4) is 5.75 Å². The summed E-state index contributed by atoms with van der Waals surface area (Å²) in [6, 6.07) is 8.39. The number of ether oxygens (including phenoxy) is 1. The number of benzene rings is 1. The first-order valence-corrected chi connectivity index (χ1v) is 7.26. The second-order valence-electron chi connectivity index (χ2n) is 5.62. The normalized spacial score (nSPS) is 18.7. The fourth-order valence-electron chi connectivity index (χ4n) is 2.39. The van der Waals surface area contributed by atoms with Crippen LogP contribution in [0.1, 0.15) is 31.7 Å². The largest absolute Gasteiger partial charge is 0.491 e. The Kier molecular flexibility index (Phi) is 5.23. The molecular formula is C16H25NO2. The van der Waals surface area contributed by atoms with Crippen molar-refractivity contribution in [2.75, 3.05) is 13.2 Å². The van der Waals surface area contributed by atoms with Gasteiger partial charge in [-0.05, 0) is 44.2 Å². The van der Waals surface area contributed by atoms with Crippen LogP contribution in [-0.2, 0) is 0 Å². The van der Waals surface area contributed by atoms with Gasteiger partial charge in [-0.15, -0.1) is 0 Å². The Morgan fingerprint density at radius 1 is 1.37 bits per heavy atom. The molecule has 0 heterocycles. The number of para-hydroxylation sites is 1. The third-order valence-electron chi connectivity index (χ3n) is 4.06. The first-order chi connectivity index (χ1) is 9.16. The van der Waals surface area contributed by atoms with Crippen LogP contribution < -0.4 is 10.1 Å². The lowest BCUT2D eigenvalue weighted by atomic mass is 9.80. The van der Waals surface area contributed by atoms with E-state index in [2.05, 4.69) is 12.2 Å². The lowest BCUT2D eigenvalue weighted by molar-refractivity contribution is 0.0978. The van der Waals surface area contributed by atoms with E-state index in [9.17, 15) is 5.11 Å². The van der Waals surface area contributed by atoms with Crippen molar-refractivity contribution >= 4 is 0 Å². The van der Waals surface area contributed by atoms with Crippen molar-refractivity contribution in [1.29, 1.82) is 0 Å². The van der Waals surface area contributed by atoms with E-state index in [0.717, 1.165) is 17.2 Å². The summed E-state index contributed by atoms with van der Waals surface area (Å²) >= 11 is 0. The number of hydrogen-bond donors (Lipinski definition) is 2. The van der Waals surface area contributed by atoms with Crippen LogP contribution in [0.3, 0.4) is 0 Å². The second kappa shape index (κ2) is 6.92. The highest BCUT2D eigenvalue weighted by molar-refractivity contribution is 5.31. The van der Waals surface area contributed by atoms with Gasteiger partial charge >= 0.3 is 0 Å². The fourth-order valence-corrected chi connectivity index (χ4v) is 2.39. The molecule has 2 atom stereocenters. The average Bonchev–Trinajstić information content (AvgIpc) is 2.33. The number of rotatable bonds is 7. The van der Waals surface area contributed by atoms with Crippen molar-refractivity contribution in [1.82, 2.24) is 5.32 Å². The van der Waals surface area contributed by atoms with E-state index in [0.29, 0.717) is 19.2 Å². The summed E-state index contributed by atoms with van der Waals surface area (Å²) in [5.74, 6) is 1.65. The molecule has 1 fully saturated rings. The van der Waals surface area contributed by atoms with Crippen LogP contribution in [0.15, 0.2) is 24.3 Å². The lowest BCUT2D eigenvalue weighted by Gasteiger charge is -2.32. The van der Waals surface area contributed by atoms with E-state index >= 15 is 0 Å². The molecule has 2 N–H and O–H groups in total. The number of aliphatic hydroxyl groups is 1. The summed E-state index contributed by atoms with van der Waals surface area (Å²) in [6.45, 7) is 5.16. The molecule has 1 aromatic carbocycles. The molecule has 0 amide bonds. The molecule has 1 aromatic rings. The van der Waals surface area contributed by atoms with Crippen molar-refractivity contribution in [2.45, 2.75) is 45.3 Å². The van der Waals surface area contributed by atoms with Crippen molar-refractivity contribution in [2.24, 2.45) is 5.92 Å². The smallest absolute Gasteiger partial charge is 0.122 e. The monoisotopic (exact) mass is 263 g/mol. The Morgan fingerprint density at radius 3 is 2.74 bits per heavy atom. The molecule has 0 saturated heterocycles. The minimum Gasteiger partial charge on any atom is -0.491 e. The topological polar surface area (TPSA) is 41.5 Å². The highest BCUT2D eigenvalue weighted by Crippen LogP contribution is 2.29. The molecule has 1 aliphatic rings. The van der Waals surface area contributed by atoms with Gasteiger partial charge in [0.2, 0.25) is 0 Å². The van der Waals surface area contributed by atoms with Crippen LogP contribution >= 0.6 is 0 Å². The lowest BCUT2D eigenvalue weighted by Crippen LogP contribution is -2.42. The van der Waals surface area contributed by atoms with Gasteiger partial charge < -0.3 is 15.2 Å². The first kappa shape index (κ1) is 14.4. The zero-order valence-electron chi connectivity index (χ0n) is 11.9. The SMILES string of the molecule is Cc1ccccc1OCC(O)CNC(C)C1CCC1. The van der Waals surface area contributed by atoms with Gasteiger partial charge in [-0.3, -0.25) is 0 Å². The molecule has 2 rings (SSSR count). The van der Waals surface area contributed by atoms with E-state index in [4.69, 9.17) is 4.74 Å². The maximum absolute atomic E-state index is 9.94. The molecule has 0 aromatic heterocycles. The summed E-state index contributed by atoms with van der Waals surface area (Å²) in [6.07, 6.45) is 3.55. The van der Waals surface area contributed by atoms with Gasteiger partial charge in [0, 0.05) is 12.6 Å². The summed E-state index contributed by atoms with van der Waals surface area (Å²) in [5, 5.41) is 13.3. The summed E-state index contributed by atoms with van der Waals surface area (Å²) in [7, 11) is 0. The molecule has 3 nitrogen and oxygen atoms in total. The molecule has 106 valence electrons. The molecular weight excluding hydrogens is 238 g/mol. The third-order valence-corrected chi connectivity index (χ3v) is 4.06. The molecule has 0 radical (unpaired) electrons. The van der Waals surface area contributed by atoms with Crippen LogP contribution in [0, 0.1) is 12.8 Å². The molecule has 2 unspecified atom stereocenters. The van der Waals surface area contributed by atoms with Gasteiger partial charge in [0.1, 0.15) is 18.5 Å². The number of aryl methyl sites for hydroxylation is 1. The van der Waals surface area contributed by atoms with Crippen molar-refractivity contribution in [3.05, 3.63) is 29.8 Å². The van der Waals surface area contributed by atoms with E-state index in [-0.39, 0.29) is 0 Å². The van der Waals surface area contributed by atoms with Gasteiger partial charge in [-0.1, -0.05) is 24.6 Å². The van der Waals surface area contributed by atoms with E-state index in [1.807, 2.05) is 31.2 Å². The van der Waals surface area contributed by atoms with Gasteiger partial charge in [-0.2, -0.15) is 0 Å². The average molecular weight is 263 g/mol. The molecule has 1 saturated carbocycles. The van der Waals surface area contributed by atoms with Gasteiger partial charge in [0.25, 0.3) is 0 Å². The highest BCUT2D eigenvalue weighted by atomic mass is 16.5. The Balaban J connectivity index is 1.66. The predicted molar refractivity (Wildman–Crippen MR) is 77.5 cm³/mol. The summed E-state index contributed by atoms with van der Waals surface area (Å²) < 4.78 is 5.64. The number of aliphatic hydroxyl groups excluding tert-OH is 1. The van der Waals surface area contributed by atoms with Gasteiger partial charge in [0.15, 0.2) is 0 Å². The van der Waals surface area contributed by atoms with Crippen molar-refractivity contribution in [3.63, 3.8) is 0 Å². The Labute approximate surface area is 116 Å². The Bertz CT molecular complexity index is 390. The van der Waals surface area contributed by atoms with Crippen molar-refractivity contribution < 1.29 is 9.84 Å².